The van der Waals surface area contributed by atoms with Crippen molar-refractivity contribution in [1.29, 1.82) is 0 Å². The Morgan fingerprint density at radius 1 is 1.33 bits per heavy atom. The van der Waals surface area contributed by atoms with Gasteiger partial charge in [0.25, 0.3) is 0 Å². The Balaban J connectivity index is 1.76. The van der Waals surface area contributed by atoms with Gasteiger partial charge in [-0.2, -0.15) is 5.10 Å². The molecular formula is C14H16N3O4-. The zero-order valence-electron chi connectivity index (χ0n) is 11.5. The van der Waals surface area contributed by atoms with Crippen molar-refractivity contribution in [3.8, 4) is 0 Å². The lowest BCUT2D eigenvalue weighted by Gasteiger charge is -2.62. The summed E-state index contributed by atoms with van der Waals surface area (Å²) in [4.78, 5) is 22.1. The monoisotopic (exact) mass is 290 g/mol. The van der Waals surface area contributed by atoms with Gasteiger partial charge in [0.2, 0.25) is 0 Å². The Morgan fingerprint density at radius 2 is 2.00 bits per heavy atom. The Labute approximate surface area is 121 Å². The molecule has 4 atom stereocenters. The first-order valence-corrected chi connectivity index (χ1v) is 7.34. The Bertz CT molecular complexity index is 624. The number of carbonyl (C=O) groups is 1. The molecule has 4 fully saturated rings. The maximum atomic E-state index is 11.7. The second kappa shape index (κ2) is 3.84. The number of carbonyl (C=O) groups excluding carboxylic acids is 1. The second-order valence-electron chi connectivity index (χ2n) is 7.15. The van der Waals surface area contributed by atoms with Crippen molar-refractivity contribution in [2.24, 2.45) is 17.3 Å². The van der Waals surface area contributed by atoms with Gasteiger partial charge in [-0.05, 0) is 50.4 Å². The highest BCUT2D eigenvalue weighted by Crippen LogP contribution is 2.63. The summed E-state index contributed by atoms with van der Waals surface area (Å²) in [7, 11) is 0. The van der Waals surface area contributed by atoms with E-state index < -0.39 is 16.3 Å². The van der Waals surface area contributed by atoms with Crippen molar-refractivity contribution < 1.29 is 14.8 Å². The van der Waals surface area contributed by atoms with E-state index in [2.05, 4.69) is 5.10 Å². The summed E-state index contributed by atoms with van der Waals surface area (Å²) in [6.07, 6.45) is 7.40. The summed E-state index contributed by atoms with van der Waals surface area (Å²) in [5.74, 6) is -0.220. The fourth-order valence-electron chi connectivity index (χ4n) is 5.39. The number of carboxylic acid groups (broad SMARTS) is 1. The minimum Gasteiger partial charge on any atom is -0.550 e. The Kier molecular flexibility index (Phi) is 2.34. The molecular weight excluding hydrogens is 274 g/mol. The van der Waals surface area contributed by atoms with E-state index in [9.17, 15) is 20.0 Å². The van der Waals surface area contributed by atoms with Crippen LogP contribution in [0.2, 0.25) is 0 Å². The fourth-order valence-corrected chi connectivity index (χ4v) is 5.39. The van der Waals surface area contributed by atoms with Crippen molar-refractivity contribution in [1.82, 2.24) is 9.78 Å². The SMILES string of the molecule is O=C([O-])C12C[C@H]3C[C@@H](C1)CC(n1cc([N+](=O)[O-])cn1)(C3)C2. The molecule has 21 heavy (non-hydrogen) atoms. The molecule has 1 aromatic rings. The fraction of sp³-hybridized carbons (Fsp3) is 0.714. The smallest absolute Gasteiger partial charge is 0.307 e. The Morgan fingerprint density at radius 3 is 2.52 bits per heavy atom. The van der Waals surface area contributed by atoms with Crippen molar-refractivity contribution in [3.63, 3.8) is 0 Å². The normalized spacial score (nSPS) is 40.4. The van der Waals surface area contributed by atoms with Gasteiger partial charge in [0.05, 0.1) is 10.5 Å². The summed E-state index contributed by atoms with van der Waals surface area (Å²) in [6, 6.07) is 0. The average molecular weight is 290 g/mol. The minimum atomic E-state index is -0.956. The number of carboxylic acids is 1. The maximum Gasteiger partial charge on any atom is 0.307 e. The molecule has 112 valence electrons. The number of hydrogen-bond acceptors (Lipinski definition) is 5. The highest BCUT2D eigenvalue weighted by Gasteiger charge is 2.59. The van der Waals surface area contributed by atoms with Gasteiger partial charge in [-0.1, -0.05) is 0 Å². The van der Waals surface area contributed by atoms with E-state index >= 15 is 0 Å². The molecule has 4 aliphatic rings. The first-order chi connectivity index (χ1) is 9.92. The van der Waals surface area contributed by atoms with Crippen LogP contribution in [0.1, 0.15) is 38.5 Å². The number of rotatable bonds is 3. The quantitative estimate of drug-likeness (QED) is 0.606. The average Bonchev–Trinajstić information content (AvgIpc) is 2.87. The number of hydrogen-bond donors (Lipinski definition) is 0. The number of nitro groups is 1. The number of nitrogens with zero attached hydrogens (tertiary/aromatic N) is 3. The molecule has 0 amide bonds. The molecule has 0 N–H and O–H groups in total. The molecule has 0 radical (unpaired) electrons. The van der Waals surface area contributed by atoms with E-state index in [0.717, 1.165) is 19.3 Å². The number of aliphatic carboxylic acids is 1. The molecule has 0 aliphatic heterocycles. The van der Waals surface area contributed by atoms with Crippen molar-refractivity contribution in [2.75, 3.05) is 0 Å². The van der Waals surface area contributed by atoms with Gasteiger partial charge in [-0.3, -0.25) is 14.8 Å². The predicted molar refractivity (Wildman–Crippen MR) is 69.0 cm³/mol. The zero-order valence-corrected chi connectivity index (χ0v) is 11.5. The second-order valence-corrected chi connectivity index (χ2v) is 7.15. The van der Waals surface area contributed by atoms with Gasteiger partial charge in [-0.25, -0.2) is 0 Å². The standard InChI is InChI=1S/C14H17N3O4/c18-12(19)13-2-9-1-10(3-13)5-14(4-9,8-13)16-7-11(6-15-16)17(20)21/h6-7,9-10H,1-5,8H2,(H,18,19)/p-1/t9-,10+,13?,14?. The van der Waals surface area contributed by atoms with Gasteiger partial charge < -0.3 is 9.90 Å². The summed E-state index contributed by atoms with van der Waals surface area (Å²) >= 11 is 0. The lowest BCUT2D eigenvalue weighted by atomic mass is 9.47. The highest BCUT2D eigenvalue weighted by molar-refractivity contribution is 5.73. The zero-order chi connectivity index (χ0) is 14.8. The van der Waals surface area contributed by atoms with Crippen LogP contribution >= 0.6 is 0 Å². The van der Waals surface area contributed by atoms with Crippen LogP contribution in [0.25, 0.3) is 0 Å². The third-order valence-electron chi connectivity index (χ3n) is 5.73. The van der Waals surface area contributed by atoms with Crippen molar-refractivity contribution >= 4 is 11.7 Å². The largest absolute Gasteiger partial charge is 0.550 e. The van der Waals surface area contributed by atoms with Gasteiger partial charge in [0.1, 0.15) is 12.4 Å². The van der Waals surface area contributed by atoms with Crippen LogP contribution in [0, 0.1) is 27.4 Å². The summed E-state index contributed by atoms with van der Waals surface area (Å²) in [5, 5.41) is 26.7. The molecule has 5 rings (SSSR count). The molecule has 2 unspecified atom stereocenters. The Hall–Kier alpha value is -1.92. The van der Waals surface area contributed by atoms with E-state index in [1.165, 1.54) is 12.4 Å². The summed E-state index contributed by atoms with van der Waals surface area (Å²) in [5.41, 5.74) is -1.17. The van der Waals surface area contributed by atoms with E-state index in [-0.39, 0.29) is 11.2 Å². The van der Waals surface area contributed by atoms with E-state index in [1.54, 1.807) is 4.68 Å². The molecule has 4 bridgehead atoms. The molecule has 7 nitrogen and oxygen atoms in total. The third kappa shape index (κ3) is 1.66. The van der Waals surface area contributed by atoms with E-state index in [0.29, 0.717) is 31.1 Å². The maximum absolute atomic E-state index is 11.7. The molecule has 0 saturated heterocycles. The van der Waals surface area contributed by atoms with Gasteiger partial charge in [0.15, 0.2) is 0 Å². The lowest BCUT2D eigenvalue weighted by molar-refractivity contribution is -0.385. The summed E-state index contributed by atoms with van der Waals surface area (Å²) in [6.45, 7) is 0. The molecule has 1 heterocycles. The van der Waals surface area contributed by atoms with Crippen LogP contribution in [0.15, 0.2) is 12.4 Å². The molecule has 0 aromatic carbocycles. The van der Waals surface area contributed by atoms with Crippen LogP contribution in [0.4, 0.5) is 5.69 Å². The van der Waals surface area contributed by atoms with E-state index in [1.807, 2.05) is 0 Å². The highest BCUT2D eigenvalue weighted by atomic mass is 16.6. The predicted octanol–water partition coefficient (Wildman–Crippen LogP) is 0.837. The molecule has 4 saturated carbocycles. The van der Waals surface area contributed by atoms with Crippen molar-refractivity contribution in [3.05, 3.63) is 22.5 Å². The van der Waals surface area contributed by atoms with Gasteiger partial charge in [0, 0.05) is 11.4 Å². The first-order valence-electron chi connectivity index (χ1n) is 7.34. The van der Waals surface area contributed by atoms with Crippen LogP contribution in [0.5, 0.6) is 0 Å². The van der Waals surface area contributed by atoms with Crippen LogP contribution in [0.3, 0.4) is 0 Å². The van der Waals surface area contributed by atoms with Gasteiger partial charge >= 0.3 is 5.69 Å². The van der Waals surface area contributed by atoms with Crippen LogP contribution in [-0.4, -0.2) is 20.7 Å². The molecule has 0 spiro atoms. The molecule has 7 heteroatoms. The van der Waals surface area contributed by atoms with Crippen molar-refractivity contribution in [2.45, 2.75) is 44.1 Å². The minimum absolute atomic E-state index is 0.0340. The van der Waals surface area contributed by atoms with Gasteiger partial charge in [-0.15, -0.1) is 0 Å². The molecule has 4 aliphatic carbocycles. The molecule has 1 aromatic heterocycles. The first kappa shape index (κ1) is 12.8. The van der Waals surface area contributed by atoms with E-state index in [4.69, 9.17) is 0 Å². The third-order valence-corrected chi connectivity index (χ3v) is 5.73. The lowest BCUT2D eigenvalue weighted by Crippen LogP contribution is -2.61. The van der Waals surface area contributed by atoms with Crippen LogP contribution in [-0.2, 0) is 10.3 Å². The topological polar surface area (TPSA) is 101 Å². The van der Waals surface area contributed by atoms with Crippen LogP contribution < -0.4 is 5.11 Å². The summed E-state index contributed by atoms with van der Waals surface area (Å²) < 4.78 is 1.67. The number of aromatic nitrogens is 2.